The van der Waals surface area contributed by atoms with E-state index >= 15 is 0 Å². The van der Waals surface area contributed by atoms with Crippen LogP contribution in [0.5, 0.6) is 17.2 Å². The summed E-state index contributed by atoms with van der Waals surface area (Å²) < 4.78 is 16.8. The summed E-state index contributed by atoms with van der Waals surface area (Å²) in [6.45, 7) is 2.36. The number of nitrogens with zero attached hydrogens (tertiary/aromatic N) is 1. The largest absolute Gasteiger partial charge is 0.497 e. The average molecular weight is 384 g/mol. The molecule has 1 heterocycles. The van der Waals surface area contributed by atoms with Crippen LogP contribution in [0.1, 0.15) is 39.0 Å². The predicted molar refractivity (Wildman–Crippen MR) is 108 cm³/mol. The van der Waals surface area contributed by atoms with Gasteiger partial charge in [-0.15, -0.1) is 0 Å². The number of nitrogens with one attached hydrogen (secondary N) is 1. The second kappa shape index (κ2) is 9.97. The number of hydrogen-bond acceptors (Lipinski definition) is 5. The van der Waals surface area contributed by atoms with Gasteiger partial charge in [0.25, 0.3) is 5.91 Å². The lowest BCUT2D eigenvalue weighted by Crippen LogP contribution is -2.30. The third-order valence-corrected chi connectivity index (χ3v) is 4.95. The number of aromatic nitrogens is 1. The topological polar surface area (TPSA) is 69.7 Å². The van der Waals surface area contributed by atoms with Crippen LogP contribution in [0.2, 0.25) is 0 Å². The maximum Gasteiger partial charge on any atom is 0.266 e. The third-order valence-electron chi connectivity index (χ3n) is 4.95. The summed E-state index contributed by atoms with van der Waals surface area (Å²) in [6, 6.07) is 10.7. The Morgan fingerprint density at radius 3 is 2.57 bits per heavy atom. The molecule has 28 heavy (non-hydrogen) atoms. The zero-order chi connectivity index (χ0) is 19.8. The molecule has 0 saturated heterocycles. The van der Waals surface area contributed by atoms with Gasteiger partial charge in [0.15, 0.2) is 17.7 Å². The Morgan fingerprint density at radius 1 is 1.14 bits per heavy atom. The highest BCUT2D eigenvalue weighted by Crippen LogP contribution is 2.27. The first kappa shape index (κ1) is 20.0. The number of carbonyl (C=O) groups excluding carboxylic acids is 1. The zero-order valence-corrected chi connectivity index (χ0v) is 16.5. The first-order chi connectivity index (χ1) is 13.7. The molecule has 0 bridgehead atoms. The number of methoxy groups -OCH3 is 1. The Balaban J connectivity index is 1.56. The molecule has 1 unspecified atom stereocenters. The Bertz CT molecular complexity index is 757. The smallest absolute Gasteiger partial charge is 0.266 e. The number of rotatable bonds is 8. The quantitative estimate of drug-likeness (QED) is 0.728. The van der Waals surface area contributed by atoms with E-state index in [1.807, 2.05) is 12.1 Å². The number of carbonyl (C=O) groups is 1. The first-order valence-electron chi connectivity index (χ1n) is 9.85. The molecule has 0 spiro atoms. The van der Waals surface area contributed by atoms with Gasteiger partial charge in [-0.05, 0) is 62.1 Å². The minimum absolute atomic E-state index is 0.281. The highest BCUT2D eigenvalue weighted by Gasteiger charge is 2.19. The number of hydrogen-bond donors (Lipinski definition) is 1. The number of benzene rings is 1. The second-order valence-corrected chi connectivity index (χ2v) is 7.09. The monoisotopic (exact) mass is 384 g/mol. The van der Waals surface area contributed by atoms with Crippen LogP contribution in [0.4, 0.5) is 5.82 Å². The van der Waals surface area contributed by atoms with Gasteiger partial charge in [-0.1, -0.05) is 19.3 Å². The van der Waals surface area contributed by atoms with Gasteiger partial charge in [-0.2, -0.15) is 0 Å². The van der Waals surface area contributed by atoms with Gasteiger partial charge < -0.3 is 19.5 Å². The molecular weight excluding hydrogens is 356 g/mol. The van der Waals surface area contributed by atoms with Gasteiger partial charge in [-0.3, -0.25) is 4.79 Å². The number of amides is 1. The van der Waals surface area contributed by atoms with Crippen LogP contribution in [0.15, 0.2) is 42.6 Å². The third kappa shape index (κ3) is 5.62. The Labute approximate surface area is 166 Å². The fourth-order valence-corrected chi connectivity index (χ4v) is 3.29. The molecule has 1 aromatic heterocycles. The van der Waals surface area contributed by atoms with Crippen LogP contribution in [0.3, 0.4) is 0 Å². The minimum Gasteiger partial charge on any atom is -0.497 e. The van der Waals surface area contributed by atoms with Crippen molar-refractivity contribution in [2.24, 2.45) is 5.92 Å². The normalized spacial score (nSPS) is 15.5. The lowest BCUT2D eigenvalue weighted by atomic mass is 9.90. The molecule has 6 nitrogen and oxygen atoms in total. The van der Waals surface area contributed by atoms with Gasteiger partial charge in [0.2, 0.25) is 0 Å². The molecule has 1 aromatic carbocycles. The molecule has 1 saturated carbocycles. The summed E-state index contributed by atoms with van der Waals surface area (Å²) in [4.78, 5) is 16.8. The molecule has 1 atom stereocenters. The highest BCUT2D eigenvalue weighted by molar-refractivity contribution is 5.94. The molecule has 1 amide bonds. The van der Waals surface area contributed by atoms with E-state index in [1.165, 1.54) is 32.1 Å². The van der Waals surface area contributed by atoms with Gasteiger partial charge in [-0.25, -0.2) is 4.98 Å². The van der Waals surface area contributed by atoms with E-state index in [9.17, 15) is 4.79 Å². The van der Waals surface area contributed by atoms with Crippen molar-refractivity contribution in [2.45, 2.75) is 45.1 Å². The van der Waals surface area contributed by atoms with E-state index in [2.05, 4.69) is 10.3 Å². The molecule has 3 rings (SSSR count). The van der Waals surface area contributed by atoms with E-state index in [4.69, 9.17) is 14.2 Å². The summed E-state index contributed by atoms with van der Waals surface area (Å²) in [5, 5.41) is 2.82. The Kier molecular flexibility index (Phi) is 7.12. The predicted octanol–water partition coefficient (Wildman–Crippen LogP) is 4.46. The van der Waals surface area contributed by atoms with E-state index < -0.39 is 6.10 Å². The van der Waals surface area contributed by atoms with E-state index in [1.54, 1.807) is 44.5 Å². The zero-order valence-electron chi connectivity index (χ0n) is 16.5. The van der Waals surface area contributed by atoms with E-state index in [-0.39, 0.29) is 5.91 Å². The summed E-state index contributed by atoms with van der Waals surface area (Å²) in [5.74, 6) is 2.65. The van der Waals surface area contributed by atoms with Crippen LogP contribution in [-0.4, -0.2) is 30.7 Å². The maximum atomic E-state index is 12.5. The molecule has 1 N–H and O–H groups in total. The average Bonchev–Trinajstić information content (AvgIpc) is 2.74. The van der Waals surface area contributed by atoms with Crippen molar-refractivity contribution in [3.05, 3.63) is 42.6 Å². The van der Waals surface area contributed by atoms with Crippen LogP contribution in [0, 0.1) is 5.92 Å². The number of ether oxygens (including phenoxy) is 3. The maximum absolute atomic E-state index is 12.5. The fraction of sp³-hybridized carbons (Fsp3) is 0.455. The molecule has 2 aromatic rings. The van der Waals surface area contributed by atoms with E-state index in [0.29, 0.717) is 29.8 Å². The van der Waals surface area contributed by atoms with Crippen LogP contribution < -0.4 is 19.5 Å². The van der Waals surface area contributed by atoms with Crippen molar-refractivity contribution >= 4 is 11.7 Å². The summed E-state index contributed by atoms with van der Waals surface area (Å²) in [5.41, 5.74) is 0. The first-order valence-corrected chi connectivity index (χ1v) is 9.85. The highest BCUT2D eigenvalue weighted by atomic mass is 16.5. The van der Waals surface area contributed by atoms with Crippen molar-refractivity contribution in [1.82, 2.24) is 4.98 Å². The van der Waals surface area contributed by atoms with Crippen LogP contribution in [-0.2, 0) is 4.79 Å². The summed E-state index contributed by atoms with van der Waals surface area (Å²) in [6.07, 6.45) is 7.22. The Morgan fingerprint density at radius 2 is 1.86 bits per heavy atom. The van der Waals surface area contributed by atoms with Crippen LogP contribution >= 0.6 is 0 Å². The number of pyridine rings is 1. The van der Waals surface area contributed by atoms with Gasteiger partial charge in [0.05, 0.1) is 13.7 Å². The molecule has 0 aliphatic heterocycles. The van der Waals surface area contributed by atoms with Gasteiger partial charge in [0.1, 0.15) is 11.5 Å². The van der Waals surface area contributed by atoms with Crippen molar-refractivity contribution in [3.8, 4) is 17.2 Å². The van der Waals surface area contributed by atoms with Crippen molar-refractivity contribution < 1.29 is 19.0 Å². The van der Waals surface area contributed by atoms with E-state index in [0.717, 1.165) is 5.75 Å². The lowest BCUT2D eigenvalue weighted by Gasteiger charge is -2.22. The van der Waals surface area contributed by atoms with Crippen molar-refractivity contribution in [1.29, 1.82) is 0 Å². The summed E-state index contributed by atoms with van der Waals surface area (Å²) >= 11 is 0. The standard InChI is InChI=1S/C22H28N2O4/c1-16(28-19-12-10-18(26-2)11-13-19)22(25)24-21-20(9-6-14-23-21)27-15-17-7-4-3-5-8-17/h6,9-14,16-17H,3-5,7-8,15H2,1-2H3,(H,23,24,25). The van der Waals surface area contributed by atoms with Crippen LogP contribution in [0.25, 0.3) is 0 Å². The molecule has 0 radical (unpaired) electrons. The minimum atomic E-state index is -0.679. The summed E-state index contributed by atoms with van der Waals surface area (Å²) in [7, 11) is 1.60. The molecule has 1 aliphatic rings. The van der Waals surface area contributed by atoms with Gasteiger partial charge >= 0.3 is 0 Å². The molecule has 150 valence electrons. The molecule has 1 fully saturated rings. The number of anilines is 1. The van der Waals surface area contributed by atoms with Crippen molar-refractivity contribution in [2.75, 3.05) is 19.0 Å². The molecule has 1 aliphatic carbocycles. The van der Waals surface area contributed by atoms with Gasteiger partial charge in [0, 0.05) is 6.20 Å². The SMILES string of the molecule is COc1ccc(OC(C)C(=O)Nc2ncccc2OCC2CCCCC2)cc1. The second-order valence-electron chi connectivity index (χ2n) is 7.09. The Hall–Kier alpha value is -2.76. The molecule has 6 heteroatoms. The van der Waals surface area contributed by atoms with Crippen molar-refractivity contribution in [3.63, 3.8) is 0 Å². The molecular formula is C22H28N2O4. The fourth-order valence-electron chi connectivity index (χ4n) is 3.29. The lowest BCUT2D eigenvalue weighted by molar-refractivity contribution is -0.122.